The van der Waals surface area contributed by atoms with E-state index in [0.29, 0.717) is 5.92 Å². The summed E-state index contributed by atoms with van der Waals surface area (Å²) in [6, 6.07) is 7.88. The van der Waals surface area contributed by atoms with E-state index in [9.17, 15) is 4.39 Å². The van der Waals surface area contributed by atoms with Gasteiger partial charge in [0.15, 0.2) is 0 Å². The molecule has 0 atom stereocenters. The molecule has 0 bridgehead atoms. The molecule has 0 spiro atoms. The third kappa shape index (κ3) is 3.37. The van der Waals surface area contributed by atoms with Gasteiger partial charge in [0.2, 0.25) is 0 Å². The number of nitrogens with zero attached hydrogens (tertiary/aromatic N) is 1. The smallest absolute Gasteiger partial charge is 0.130 e. The van der Waals surface area contributed by atoms with Gasteiger partial charge in [0.25, 0.3) is 0 Å². The molecule has 1 aliphatic rings. The number of piperidine rings is 1. The minimum absolute atomic E-state index is 0.667. The lowest BCUT2D eigenvalue weighted by Crippen LogP contribution is -2.33. The van der Waals surface area contributed by atoms with Crippen LogP contribution in [0, 0.1) is 5.92 Å². The van der Waals surface area contributed by atoms with Crippen molar-refractivity contribution in [2.45, 2.75) is 39.3 Å². The van der Waals surface area contributed by atoms with E-state index < -0.39 is 5.67 Å². The summed E-state index contributed by atoms with van der Waals surface area (Å²) in [6.45, 7) is 11.5. The summed E-state index contributed by atoms with van der Waals surface area (Å²) in [7, 11) is 0. The largest absolute Gasteiger partial charge is 0.371 e. The van der Waals surface area contributed by atoms with Crippen molar-refractivity contribution in [1.29, 1.82) is 0 Å². The Morgan fingerprint density at radius 1 is 1.21 bits per heavy atom. The Labute approximate surface area is 116 Å². The molecule has 1 aromatic rings. The van der Waals surface area contributed by atoms with E-state index in [1.807, 2.05) is 24.3 Å². The van der Waals surface area contributed by atoms with Crippen LogP contribution in [0.3, 0.4) is 0 Å². The molecule has 1 fully saturated rings. The van der Waals surface area contributed by atoms with Gasteiger partial charge in [0.05, 0.1) is 0 Å². The highest BCUT2D eigenvalue weighted by molar-refractivity contribution is 5.48. The number of rotatable bonds is 3. The van der Waals surface area contributed by atoms with Crippen molar-refractivity contribution in [2.24, 2.45) is 5.92 Å². The Balaban J connectivity index is 2.02. The highest BCUT2D eigenvalue weighted by Gasteiger charge is 2.21. The van der Waals surface area contributed by atoms with Gasteiger partial charge in [-0.3, -0.25) is 0 Å². The van der Waals surface area contributed by atoms with Gasteiger partial charge >= 0.3 is 0 Å². The first-order valence-corrected chi connectivity index (χ1v) is 7.08. The SMILES string of the molecule is C=C(C)C1CCN(c2ccc(C(C)(C)F)cc2)CC1. The van der Waals surface area contributed by atoms with Crippen molar-refractivity contribution >= 4 is 5.69 Å². The second kappa shape index (κ2) is 5.36. The van der Waals surface area contributed by atoms with Gasteiger partial charge in [0.1, 0.15) is 5.67 Å². The minimum Gasteiger partial charge on any atom is -0.371 e. The average molecular weight is 261 g/mol. The quantitative estimate of drug-likeness (QED) is 0.714. The predicted octanol–water partition coefficient (Wildman–Crippen LogP) is 4.68. The molecule has 0 unspecified atom stereocenters. The summed E-state index contributed by atoms with van der Waals surface area (Å²) in [5, 5.41) is 0. The van der Waals surface area contributed by atoms with E-state index in [2.05, 4.69) is 18.4 Å². The maximum atomic E-state index is 13.8. The molecule has 104 valence electrons. The van der Waals surface area contributed by atoms with Crippen LogP contribution >= 0.6 is 0 Å². The lowest BCUT2D eigenvalue weighted by atomic mass is 9.90. The molecule has 1 aromatic carbocycles. The topological polar surface area (TPSA) is 3.24 Å². The molecule has 0 aliphatic carbocycles. The molecule has 0 N–H and O–H groups in total. The summed E-state index contributed by atoms with van der Waals surface area (Å²) < 4.78 is 13.8. The zero-order chi connectivity index (χ0) is 14.0. The molecule has 19 heavy (non-hydrogen) atoms. The molecule has 1 aliphatic heterocycles. The normalized spacial score (nSPS) is 17.6. The van der Waals surface area contributed by atoms with Crippen molar-refractivity contribution < 1.29 is 4.39 Å². The fourth-order valence-electron chi connectivity index (χ4n) is 2.70. The number of halogens is 1. The molecule has 2 rings (SSSR count). The van der Waals surface area contributed by atoms with Crippen LogP contribution in [0.1, 0.15) is 39.2 Å². The molecule has 1 heterocycles. The standard InChI is InChI=1S/C17H24FN/c1-13(2)14-9-11-19(12-10-14)16-7-5-15(6-8-16)17(3,4)18/h5-8,14H,1,9-12H2,2-4H3. The van der Waals surface area contributed by atoms with Crippen LogP contribution in [0.4, 0.5) is 10.1 Å². The number of allylic oxidation sites excluding steroid dienone is 1. The number of alkyl halides is 1. The Morgan fingerprint density at radius 3 is 2.16 bits per heavy atom. The predicted molar refractivity (Wildman–Crippen MR) is 80.3 cm³/mol. The van der Waals surface area contributed by atoms with Gasteiger partial charge in [-0.05, 0) is 57.2 Å². The maximum absolute atomic E-state index is 13.8. The lowest BCUT2D eigenvalue weighted by Gasteiger charge is -2.34. The van der Waals surface area contributed by atoms with Crippen LogP contribution < -0.4 is 4.90 Å². The van der Waals surface area contributed by atoms with E-state index in [-0.39, 0.29) is 0 Å². The summed E-state index contributed by atoms with van der Waals surface area (Å²) in [5.41, 5.74) is 1.99. The van der Waals surface area contributed by atoms with Gasteiger partial charge in [-0.1, -0.05) is 24.3 Å². The Kier molecular flexibility index (Phi) is 3.98. The van der Waals surface area contributed by atoms with Crippen molar-refractivity contribution in [3.63, 3.8) is 0 Å². The molecule has 2 heteroatoms. The fraction of sp³-hybridized carbons (Fsp3) is 0.529. The number of anilines is 1. The van der Waals surface area contributed by atoms with E-state index in [1.54, 1.807) is 13.8 Å². The first-order chi connectivity index (χ1) is 8.88. The van der Waals surface area contributed by atoms with Gasteiger partial charge in [-0.2, -0.15) is 0 Å². The molecule has 0 radical (unpaired) electrons. The van der Waals surface area contributed by atoms with Gasteiger partial charge < -0.3 is 4.90 Å². The van der Waals surface area contributed by atoms with Gasteiger partial charge in [-0.15, -0.1) is 0 Å². The summed E-state index contributed by atoms with van der Waals surface area (Å²) in [5.74, 6) is 0.667. The van der Waals surface area contributed by atoms with Crippen LogP contribution in [-0.4, -0.2) is 13.1 Å². The third-order valence-electron chi connectivity index (χ3n) is 4.11. The zero-order valence-corrected chi connectivity index (χ0v) is 12.2. The first kappa shape index (κ1) is 14.1. The highest BCUT2D eigenvalue weighted by atomic mass is 19.1. The molecule has 0 amide bonds. The molecular weight excluding hydrogens is 237 g/mol. The van der Waals surface area contributed by atoms with Crippen molar-refractivity contribution in [3.8, 4) is 0 Å². The second-order valence-electron chi connectivity index (χ2n) is 6.13. The Morgan fingerprint density at radius 2 is 1.74 bits per heavy atom. The summed E-state index contributed by atoms with van der Waals surface area (Å²) in [4.78, 5) is 2.38. The fourth-order valence-corrected chi connectivity index (χ4v) is 2.70. The highest BCUT2D eigenvalue weighted by Crippen LogP contribution is 2.29. The first-order valence-electron chi connectivity index (χ1n) is 7.08. The van der Waals surface area contributed by atoms with Crippen LogP contribution in [0.15, 0.2) is 36.4 Å². The average Bonchev–Trinajstić information content (AvgIpc) is 2.38. The zero-order valence-electron chi connectivity index (χ0n) is 12.2. The van der Waals surface area contributed by atoms with Crippen molar-refractivity contribution in [1.82, 2.24) is 0 Å². The van der Waals surface area contributed by atoms with Gasteiger partial charge in [0, 0.05) is 18.8 Å². The molecule has 1 saturated heterocycles. The monoisotopic (exact) mass is 261 g/mol. The third-order valence-corrected chi connectivity index (χ3v) is 4.11. The summed E-state index contributed by atoms with van der Waals surface area (Å²) >= 11 is 0. The van der Waals surface area contributed by atoms with Crippen LogP contribution in [0.2, 0.25) is 0 Å². The summed E-state index contributed by atoms with van der Waals surface area (Å²) in [6.07, 6.45) is 2.34. The molecule has 0 aromatic heterocycles. The van der Waals surface area contributed by atoms with E-state index in [4.69, 9.17) is 0 Å². The Bertz CT molecular complexity index is 433. The lowest BCUT2D eigenvalue weighted by molar-refractivity contribution is 0.221. The number of hydrogen-bond acceptors (Lipinski definition) is 1. The number of hydrogen-bond donors (Lipinski definition) is 0. The number of benzene rings is 1. The Hall–Kier alpha value is -1.31. The molecular formula is C17H24FN. The molecule has 1 nitrogen and oxygen atoms in total. The second-order valence-corrected chi connectivity index (χ2v) is 6.13. The minimum atomic E-state index is -1.26. The van der Waals surface area contributed by atoms with Gasteiger partial charge in [-0.25, -0.2) is 4.39 Å². The van der Waals surface area contributed by atoms with Crippen LogP contribution in [0.5, 0.6) is 0 Å². The van der Waals surface area contributed by atoms with Crippen LogP contribution in [0.25, 0.3) is 0 Å². The van der Waals surface area contributed by atoms with E-state index in [1.165, 1.54) is 24.1 Å². The van der Waals surface area contributed by atoms with Crippen molar-refractivity contribution in [2.75, 3.05) is 18.0 Å². The van der Waals surface area contributed by atoms with E-state index in [0.717, 1.165) is 18.7 Å². The van der Waals surface area contributed by atoms with Crippen LogP contribution in [-0.2, 0) is 5.67 Å². The van der Waals surface area contributed by atoms with Crippen molar-refractivity contribution in [3.05, 3.63) is 42.0 Å². The molecule has 0 saturated carbocycles. The van der Waals surface area contributed by atoms with E-state index >= 15 is 0 Å². The maximum Gasteiger partial charge on any atom is 0.130 e.